The molecule has 0 saturated heterocycles. The maximum atomic E-state index is 14.7. The van der Waals surface area contributed by atoms with Gasteiger partial charge in [0.1, 0.15) is 11.5 Å². The zero-order valence-corrected chi connectivity index (χ0v) is 19.0. The van der Waals surface area contributed by atoms with Gasteiger partial charge >= 0.3 is 0 Å². The molecule has 34 heavy (non-hydrogen) atoms. The molecule has 3 aromatic rings. The van der Waals surface area contributed by atoms with Crippen molar-refractivity contribution >= 4 is 28.5 Å². The third kappa shape index (κ3) is 5.75. The lowest BCUT2D eigenvalue weighted by Gasteiger charge is -2.20. The van der Waals surface area contributed by atoms with Gasteiger partial charge in [-0.2, -0.15) is 0 Å². The van der Waals surface area contributed by atoms with E-state index in [-0.39, 0.29) is 35.6 Å². The summed E-state index contributed by atoms with van der Waals surface area (Å²) in [4.78, 5) is 43.0. The number of nitrogens with two attached hydrogens (primary N) is 1. The molecule has 2 heterocycles. The number of amides is 2. The number of aromatic amines is 1. The van der Waals surface area contributed by atoms with Gasteiger partial charge in [-0.3, -0.25) is 14.4 Å². The number of nitrogens with one attached hydrogen (secondary N) is 2. The number of alkyl halides is 2. The number of imidazole rings is 1. The predicted molar refractivity (Wildman–Crippen MR) is 125 cm³/mol. The topological polar surface area (TPSA) is 123 Å². The highest BCUT2D eigenvalue weighted by Crippen LogP contribution is 2.38. The van der Waals surface area contributed by atoms with Gasteiger partial charge in [0.2, 0.25) is 11.8 Å². The standard InChI is InChI=1S/C24H27F2N5O3/c1-15(2)24(25,26)16-8-6-9-17-22(16)30-20(28-17)14-31-13-7-10-18(23(31)34)29-21(33)12-5-3-4-11-19(27)32/h4,6-11,13,15H,3,5,12,14H2,1-2H3,(H2,27,32)(H,28,30)(H,29,33)/b11-4+. The van der Waals surface area contributed by atoms with E-state index in [0.717, 1.165) is 0 Å². The molecule has 0 fully saturated rings. The zero-order chi connectivity index (χ0) is 24.9. The van der Waals surface area contributed by atoms with E-state index in [4.69, 9.17) is 5.73 Å². The van der Waals surface area contributed by atoms with E-state index < -0.39 is 23.3 Å². The molecule has 0 radical (unpaired) electrons. The molecule has 8 nitrogen and oxygen atoms in total. The van der Waals surface area contributed by atoms with E-state index in [0.29, 0.717) is 24.2 Å². The Balaban J connectivity index is 1.75. The molecule has 0 unspecified atom stereocenters. The number of H-pyrrole nitrogens is 1. The van der Waals surface area contributed by atoms with Crippen molar-refractivity contribution in [1.29, 1.82) is 0 Å². The van der Waals surface area contributed by atoms with E-state index in [2.05, 4.69) is 15.3 Å². The molecule has 3 rings (SSSR count). The second-order valence-electron chi connectivity index (χ2n) is 8.26. The van der Waals surface area contributed by atoms with Gasteiger partial charge in [-0.15, -0.1) is 0 Å². The maximum absolute atomic E-state index is 14.7. The van der Waals surface area contributed by atoms with Crippen molar-refractivity contribution in [3.8, 4) is 0 Å². The molecule has 2 amide bonds. The summed E-state index contributed by atoms with van der Waals surface area (Å²) >= 11 is 0. The summed E-state index contributed by atoms with van der Waals surface area (Å²) < 4.78 is 30.7. The number of hydrogen-bond acceptors (Lipinski definition) is 4. The third-order valence-corrected chi connectivity index (χ3v) is 5.32. The summed E-state index contributed by atoms with van der Waals surface area (Å²) in [6, 6.07) is 7.65. The Morgan fingerprint density at radius 2 is 2.03 bits per heavy atom. The number of anilines is 1. The van der Waals surface area contributed by atoms with Crippen LogP contribution in [0, 0.1) is 5.92 Å². The average Bonchev–Trinajstić information content (AvgIpc) is 3.18. The van der Waals surface area contributed by atoms with E-state index in [1.54, 1.807) is 24.3 Å². The van der Waals surface area contributed by atoms with Crippen LogP contribution >= 0.6 is 0 Å². The minimum Gasteiger partial charge on any atom is -0.366 e. The second kappa shape index (κ2) is 10.4. The summed E-state index contributed by atoms with van der Waals surface area (Å²) in [7, 11) is 0. The summed E-state index contributed by atoms with van der Waals surface area (Å²) in [5.41, 5.74) is 5.11. The van der Waals surface area contributed by atoms with Crippen LogP contribution in [0.2, 0.25) is 0 Å². The first-order valence-electron chi connectivity index (χ1n) is 10.9. The first-order chi connectivity index (χ1) is 16.1. The number of pyridine rings is 1. The zero-order valence-electron chi connectivity index (χ0n) is 19.0. The Morgan fingerprint density at radius 3 is 2.74 bits per heavy atom. The van der Waals surface area contributed by atoms with Crippen molar-refractivity contribution in [3.05, 3.63) is 70.4 Å². The van der Waals surface area contributed by atoms with Crippen LogP contribution in [-0.4, -0.2) is 26.3 Å². The molecule has 0 saturated carbocycles. The van der Waals surface area contributed by atoms with E-state index in [1.807, 2.05) is 0 Å². The Hall–Kier alpha value is -3.82. The number of para-hydroxylation sites is 1. The number of aromatic nitrogens is 3. The number of carbonyl (C=O) groups excluding carboxylic acids is 2. The first-order valence-corrected chi connectivity index (χ1v) is 10.9. The largest absolute Gasteiger partial charge is 0.366 e. The summed E-state index contributed by atoms with van der Waals surface area (Å²) in [6.45, 7) is 2.91. The van der Waals surface area contributed by atoms with Crippen LogP contribution in [0.25, 0.3) is 11.0 Å². The molecule has 2 aromatic heterocycles. The average molecular weight is 472 g/mol. The second-order valence-corrected chi connectivity index (χ2v) is 8.26. The highest BCUT2D eigenvalue weighted by Gasteiger charge is 2.37. The number of hydrogen-bond donors (Lipinski definition) is 3. The molecule has 0 aliphatic carbocycles. The fraction of sp³-hybridized carbons (Fsp3) is 0.333. The van der Waals surface area contributed by atoms with Gasteiger partial charge < -0.3 is 20.6 Å². The highest BCUT2D eigenvalue weighted by molar-refractivity contribution is 5.90. The lowest BCUT2D eigenvalue weighted by Crippen LogP contribution is -2.26. The maximum Gasteiger partial charge on any atom is 0.277 e. The van der Waals surface area contributed by atoms with Crippen molar-refractivity contribution in [1.82, 2.24) is 14.5 Å². The molecule has 10 heteroatoms. The molecule has 0 aliphatic rings. The minimum absolute atomic E-state index is 0.0157. The van der Waals surface area contributed by atoms with Crippen LogP contribution in [-0.2, 0) is 22.1 Å². The van der Waals surface area contributed by atoms with Gasteiger partial charge in [0.05, 0.1) is 17.6 Å². The molecule has 4 N–H and O–H groups in total. The monoisotopic (exact) mass is 471 g/mol. The molecule has 0 atom stereocenters. The van der Waals surface area contributed by atoms with Gasteiger partial charge in [0, 0.05) is 24.1 Å². The van der Waals surface area contributed by atoms with Crippen LogP contribution < -0.4 is 16.6 Å². The van der Waals surface area contributed by atoms with Crippen molar-refractivity contribution < 1.29 is 18.4 Å². The highest BCUT2D eigenvalue weighted by atomic mass is 19.3. The number of fused-ring (bicyclic) bond motifs is 1. The number of benzene rings is 1. The van der Waals surface area contributed by atoms with Gasteiger partial charge in [0.25, 0.3) is 11.5 Å². The SMILES string of the molecule is CC(C)C(F)(F)c1cccc2[nH]c(Cn3cccc(NC(=O)CCC/C=C/C(N)=O)c3=O)nc12. The molecule has 0 spiro atoms. The number of carbonyl (C=O) groups is 2. The minimum atomic E-state index is -3.05. The number of rotatable bonds is 10. The van der Waals surface area contributed by atoms with E-state index in [1.165, 1.54) is 42.8 Å². The smallest absolute Gasteiger partial charge is 0.277 e. The van der Waals surface area contributed by atoms with Crippen LogP contribution in [0.1, 0.15) is 44.5 Å². The number of halogens is 2. The van der Waals surface area contributed by atoms with Crippen molar-refractivity contribution in [2.24, 2.45) is 11.7 Å². The van der Waals surface area contributed by atoms with Gasteiger partial charge in [-0.25, -0.2) is 13.8 Å². The normalized spacial score (nSPS) is 12.0. The van der Waals surface area contributed by atoms with Crippen molar-refractivity contribution in [2.75, 3.05) is 5.32 Å². The summed E-state index contributed by atoms with van der Waals surface area (Å²) in [5, 5.41) is 2.59. The number of allylic oxidation sites excluding steroid dienone is 1. The molecule has 0 aliphatic heterocycles. The molecule has 1 aromatic carbocycles. The van der Waals surface area contributed by atoms with Crippen LogP contribution in [0.3, 0.4) is 0 Å². The van der Waals surface area contributed by atoms with Crippen LogP contribution in [0.4, 0.5) is 14.5 Å². The molecular formula is C24H27F2N5O3. The summed E-state index contributed by atoms with van der Waals surface area (Å²) in [5.74, 6) is -4.51. The number of nitrogens with zero attached hydrogens (tertiary/aromatic N) is 2. The summed E-state index contributed by atoms with van der Waals surface area (Å²) in [6.07, 6.45) is 5.50. The van der Waals surface area contributed by atoms with Gasteiger partial charge in [-0.1, -0.05) is 32.1 Å². The van der Waals surface area contributed by atoms with E-state index >= 15 is 0 Å². The van der Waals surface area contributed by atoms with Crippen molar-refractivity contribution in [2.45, 2.75) is 45.6 Å². The lowest BCUT2D eigenvalue weighted by atomic mass is 9.97. The number of primary amides is 1. The van der Waals surface area contributed by atoms with Gasteiger partial charge in [0.15, 0.2) is 0 Å². The molecule has 0 bridgehead atoms. The van der Waals surface area contributed by atoms with E-state index in [9.17, 15) is 23.2 Å². The Bertz CT molecular complexity index is 1280. The van der Waals surface area contributed by atoms with Crippen LogP contribution in [0.15, 0.2) is 53.5 Å². The quantitative estimate of drug-likeness (QED) is 0.308. The third-order valence-electron chi connectivity index (χ3n) is 5.32. The van der Waals surface area contributed by atoms with Crippen molar-refractivity contribution in [3.63, 3.8) is 0 Å². The van der Waals surface area contributed by atoms with Crippen LogP contribution in [0.5, 0.6) is 0 Å². The Labute approximate surface area is 194 Å². The first kappa shape index (κ1) is 24.8. The molecule has 180 valence electrons. The van der Waals surface area contributed by atoms with Gasteiger partial charge in [-0.05, 0) is 37.1 Å². The fourth-order valence-electron chi connectivity index (χ4n) is 3.45. The Kier molecular flexibility index (Phi) is 7.60. The fourth-order valence-corrected chi connectivity index (χ4v) is 3.45. The lowest BCUT2D eigenvalue weighted by molar-refractivity contribution is -0.116. The Morgan fingerprint density at radius 1 is 1.26 bits per heavy atom. The number of unbranched alkanes of at least 4 members (excludes halogenated alkanes) is 1. The molecular weight excluding hydrogens is 444 g/mol. The predicted octanol–water partition coefficient (Wildman–Crippen LogP) is 3.67.